The molecule has 0 saturated heterocycles. The highest BCUT2D eigenvalue weighted by Gasteiger charge is 2.02. The highest BCUT2D eigenvalue weighted by Crippen LogP contribution is 2.05. The first kappa shape index (κ1) is 9.98. The Hall–Kier alpha value is -1.55. The van der Waals surface area contributed by atoms with Gasteiger partial charge < -0.3 is 14.2 Å². The number of hydrogen-bond donors (Lipinski definition) is 1. The van der Waals surface area contributed by atoms with Crippen LogP contribution in [-0.4, -0.2) is 19.2 Å². The SMILES string of the molecule is CCn1ccnc1Cn1ccc(CO)c1. The molecule has 2 aromatic rings. The molecular weight excluding hydrogens is 190 g/mol. The van der Waals surface area contributed by atoms with Crippen LogP contribution in [0.15, 0.2) is 30.9 Å². The van der Waals surface area contributed by atoms with Crippen LogP contribution in [0.1, 0.15) is 18.3 Å². The van der Waals surface area contributed by atoms with Gasteiger partial charge in [-0.15, -0.1) is 0 Å². The Kier molecular flexibility index (Phi) is 2.87. The minimum absolute atomic E-state index is 0.0925. The second-order valence-electron chi connectivity index (χ2n) is 3.48. The first-order valence-electron chi connectivity index (χ1n) is 5.09. The van der Waals surface area contributed by atoms with E-state index in [1.54, 1.807) is 0 Å². The molecule has 4 heteroatoms. The normalized spacial score (nSPS) is 10.8. The summed E-state index contributed by atoms with van der Waals surface area (Å²) in [6, 6.07) is 1.92. The average Bonchev–Trinajstić information content (AvgIpc) is 2.87. The van der Waals surface area contributed by atoms with Crippen LogP contribution in [0.5, 0.6) is 0 Å². The fourth-order valence-electron chi connectivity index (χ4n) is 1.63. The molecular formula is C11H15N3O. The van der Waals surface area contributed by atoms with Gasteiger partial charge >= 0.3 is 0 Å². The van der Waals surface area contributed by atoms with E-state index >= 15 is 0 Å². The first-order valence-corrected chi connectivity index (χ1v) is 5.09. The third kappa shape index (κ3) is 2.10. The highest BCUT2D eigenvalue weighted by molar-refractivity contribution is 5.10. The van der Waals surface area contributed by atoms with Crippen LogP contribution in [0.25, 0.3) is 0 Å². The first-order chi connectivity index (χ1) is 7.33. The second-order valence-corrected chi connectivity index (χ2v) is 3.48. The van der Waals surface area contributed by atoms with Crippen LogP contribution in [0.2, 0.25) is 0 Å². The van der Waals surface area contributed by atoms with Gasteiger partial charge in [0.05, 0.1) is 13.2 Å². The van der Waals surface area contributed by atoms with E-state index in [0.29, 0.717) is 0 Å². The van der Waals surface area contributed by atoms with E-state index < -0.39 is 0 Å². The summed E-state index contributed by atoms with van der Waals surface area (Å²) in [5, 5.41) is 8.94. The lowest BCUT2D eigenvalue weighted by molar-refractivity contribution is 0.281. The molecule has 2 aromatic heterocycles. The lowest BCUT2D eigenvalue weighted by atomic mass is 10.4. The van der Waals surface area contributed by atoms with Gasteiger partial charge in [-0.25, -0.2) is 4.98 Å². The van der Waals surface area contributed by atoms with Crippen molar-refractivity contribution in [2.24, 2.45) is 0 Å². The van der Waals surface area contributed by atoms with E-state index in [1.165, 1.54) is 0 Å². The molecule has 0 aliphatic rings. The van der Waals surface area contributed by atoms with Gasteiger partial charge in [0.1, 0.15) is 5.82 Å². The van der Waals surface area contributed by atoms with Gasteiger partial charge in [-0.05, 0) is 18.6 Å². The number of nitrogens with zero attached hydrogens (tertiary/aromatic N) is 3. The molecule has 2 heterocycles. The monoisotopic (exact) mass is 205 g/mol. The maximum absolute atomic E-state index is 8.94. The molecule has 0 radical (unpaired) electrons. The van der Waals surface area contributed by atoms with Crippen molar-refractivity contribution in [2.75, 3.05) is 0 Å². The van der Waals surface area contributed by atoms with Gasteiger partial charge in [-0.2, -0.15) is 0 Å². The predicted octanol–water partition coefficient (Wildman–Crippen LogP) is 1.25. The summed E-state index contributed by atoms with van der Waals surface area (Å²) in [6.07, 6.45) is 7.69. The van der Waals surface area contributed by atoms with Crippen molar-refractivity contribution in [3.05, 3.63) is 42.2 Å². The fraction of sp³-hybridized carbons (Fsp3) is 0.364. The maximum atomic E-state index is 8.94. The van der Waals surface area contributed by atoms with Gasteiger partial charge in [0.15, 0.2) is 0 Å². The third-order valence-corrected chi connectivity index (χ3v) is 2.46. The number of rotatable bonds is 4. The highest BCUT2D eigenvalue weighted by atomic mass is 16.3. The summed E-state index contributed by atoms with van der Waals surface area (Å²) < 4.78 is 4.14. The fourth-order valence-corrected chi connectivity index (χ4v) is 1.63. The molecule has 80 valence electrons. The minimum Gasteiger partial charge on any atom is -0.392 e. The molecule has 0 unspecified atom stereocenters. The zero-order valence-corrected chi connectivity index (χ0v) is 8.80. The Labute approximate surface area is 88.8 Å². The smallest absolute Gasteiger partial charge is 0.128 e. The molecule has 0 aliphatic heterocycles. The molecule has 0 bridgehead atoms. The molecule has 0 spiro atoms. The molecule has 0 aromatic carbocycles. The Bertz CT molecular complexity index is 430. The molecule has 0 atom stereocenters. The summed E-state index contributed by atoms with van der Waals surface area (Å²) in [7, 11) is 0. The lowest BCUT2D eigenvalue weighted by Crippen LogP contribution is -2.05. The van der Waals surface area contributed by atoms with Crippen LogP contribution in [0.4, 0.5) is 0 Å². The standard InChI is InChI=1S/C11H15N3O/c1-2-14-6-4-12-11(14)8-13-5-3-10(7-13)9-15/h3-7,15H,2,8-9H2,1H3. The number of aliphatic hydroxyl groups is 1. The van der Waals surface area contributed by atoms with E-state index in [4.69, 9.17) is 5.11 Å². The summed E-state index contributed by atoms with van der Waals surface area (Å²) in [5.74, 6) is 1.04. The van der Waals surface area contributed by atoms with Crippen LogP contribution >= 0.6 is 0 Å². The van der Waals surface area contributed by atoms with Crippen molar-refractivity contribution in [3.8, 4) is 0 Å². The van der Waals surface area contributed by atoms with Gasteiger partial charge in [0.25, 0.3) is 0 Å². The number of aliphatic hydroxyl groups excluding tert-OH is 1. The van der Waals surface area contributed by atoms with Crippen molar-refractivity contribution in [3.63, 3.8) is 0 Å². The topological polar surface area (TPSA) is 43.0 Å². The van der Waals surface area contributed by atoms with Crippen LogP contribution in [0.3, 0.4) is 0 Å². The van der Waals surface area contributed by atoms with E-state index in [2.05, 4.69) is 16.5 Å². The summed E-state index contributed by atoms with van der Waals surface area (Å²) in [6.45, 7) is 3.87. The van der Waals surface area contributed by atoms with Crippen molar-refractivity contribution < 1.29 is 5.11 Å². The zero-order chi connectivity index (χ0) is 10.7. The van der Waals surface area contributed by atoms with Crippen molar-refractivity contribution in [1.82, 2.24) is 14.1 Å². The number of aryl methyl sites for hydroxylation is 1. The number of hydrogen-bond acceptors (Lipinski definition) is 2. The van der Waals surface area contributed by atoms with Crippen molar-refractivity contribution in [2.45, 2.75) is 26.6 Å². The largest absolute Gasteiger partial charge is 0.392 e. The Morgan fingerprint density at radius 2 is 2.27 bits per heavy atom. The second kappa shape index (κ2) is 4.31. The molecule has 0 saturated carbocycles. The Balaban J connectivity index is 2.14. The quantitative estimate of drug-likeness (QED) is 0.816. The van der Waals surface area contributed by atoms with Crippen molar-refractivity contribution in [1.29, 1.82) is 0 Å². The zero-order valence-electron chi connectivity index (χ0n) is 8.80. The molecule has 1 N–H and O–H groups in total. The van der Waals surface area contributed by atoms with E-state index in [9.17, 15) is 0 Å². The number of imidazole rings is 1. The van der Waals surface area contributed by atoms with E-state index in [-0.39, 0.29) is 6.61 Å². The van der Waals surface area contributed by atoms with Gasteiger partial charge in [-0.3, -0.25) is 0 Å². The van der Waals surface area contributed by atoms with Crippen molar-refractivity contribution >= 4 is 0 Å². The lowest BCUT2D eigenvalue weighted by Gasteiger charge is -2.05. The molecule has 15 heavy (non-hydrogen) atoms. The third-order valence-electron chi connectivity index (χ3n) is 2.46. The Morgan fingerprint density at radius 1 is 1.40 bits per heavy atom. The van der Waals surface area contributed by atoms with Crippen LogP contribution in [-0.2, 0) is 19.7 Å². The predicted molar refractivity (Wildman–Crippen MR) is 57.4 cm³/mol. The summed E-state index contributed by atoms with van der Waals surface area (Å²) >= 11 is 0. The average molecular weight is 205 g/mol. The van der Waals surface area contributed by atoms with Crippen LogP contribution < -0.4 is 0 Å². The molecule has 4 nitrogen and oxygen atoms in total. The van der Waals surface area contributed by atoms with Crippen LogP contribution in [0, 0.1) is 0 Å². The molecule has 0 amide bonds. The molecule has 0 fully saturated rings. The van der Waals surface area contributed by atoms with Gasteiger partial charge in [0, 0.05) is 31.3 Å². The maximum Gasteiger partial charge on any atom is 0.128 e. The molecule has 2 rings (SSSR count). The summed E-state index contributed by atoms with van der Waals surface area (Å²) in [4.78, 5) is 4.30. The Morgan fingerprint density at radius 3 is 2.93 bits per heavy atom. The van der Waals surface area contributed by atoms with E-state index in [0.717, 1.165) is 24.5 Å². The summed E-state index contributed by atoms with van der Waals surface area (Å²) in [5.41, 5.74) is 0.935. The number of aromatic nitrogens is 3. The van der Waals surface area contributed by atoms with Gasteiger partial charge in [0.2, 0.25) is 0 Å². The van der Waals surface area contributed by atoms with Gasteiger partial charge in [-0.1, -0.05) is 0 Å². The van der Waals surface area contributed by atoms with E-state index in [1.807, 2.05) is 35.4 Å². The minimum atomic E-state index is 0.0925. The molecule has 0 aliphatic carbocycles.